The van der Waals surface area contributed by atoms with E-state index in [2.05, 4.69) is 56.5 Å². The summed E-state index contributed by atoms with van der Waals surface area (Å²) in [4.78, 5) is 51.8. The Kier molecular flexibility index (Phi) is 44.1. The summed E-state index contributed by atoms with van der Waals surface area (Å²) in [6, 6.07) is 0. The van der Waals surface area contributed by atoms with E-state index in [1.165, 1.54) is 153 Å². The zero-order valence-corrected chi connectivity index (χ0v) is 53.6. The summed E-state index contributed by atoms with van der Waals surface area (Å²) in [6.45, 7) is 15.1. The number of hydrogen-bond donors (Lipinski definition) is 0. The fourth-order valence-corrected chi connectivity index (χ4v) is 11.5. The standard InChI is InChI=1S/C67H122N3O9S/c1-8-11-14-17-19-21-23-25-27-29-33-37-41-48-61(71)76-56-60(57-77-62(72)49-42-38-34-30-28-26-24-22-20-18-15-12-9-2)79-63(73)50-43-39-35-31-32-36-40-44-51-67(5,6)54-64(74)78-58(4)70(7)52-46-47-59(55-70)65-66(69-80-68-65)75-53-45-16-13-10-3/h47,58,60H,8-46,48-57H2,1-7H3/q+1. The first-order valence-electron chi connectivity index (χ1n) is 33.5. The van der Waals surface area contributed by atoms with E-state index in [1.54, 1.807) is 0 Å². The first kappa shape index (κ1) is 73.0. The molecule has 0 saturated heterocycles. The second-order valence-electron chi connectivity index (χ2n) is 24.9. The second kappa shape index (κ2) is 48.3. The molecule has 464 valence electrons. The maximum absolute atomic E-state index is 13.3. The van der Waals surface area contributed by atoms with E-state index in [0.717, 1.165) is 133 Å². The molecule has 13 heteroatoms. The van der Waals surface area contributed by atoms with Crippen molar-refractivity contribution in [1.29, 1.82) is 0 Å². The van der Waals surface area contributed by atoms with Crippen LogP contribution in [0.25, 0.3) is 5.57 Å². The Labute approximate surface area is 494 Å². The van der Waals surface area contributed by atoms with Crippen molar-refractivity contribution < 1.29 is 47.3 Å². The molecule has 2 heterocycles. The number of likely N-dealkylation sites (N-methyl/N-ethyl adjacent to an activating group) is 1. The summed E-state index contributed by atoms with van der Waals surface area (Å²) < 4.78 is 38.8. The van der Waals surface area contributed by atoms with Gasteiger partial charge in [-0.3, -0.25) is 23.7 Å². The van der Waals surface area contributed by atoms with Crippen molar-refractivity contribution in [2.24, 2.45) is 5.41 Å². The third-order valence-corrected chi connectivity index (χ3v) is 17.0. The number of aromatic nitrogens is 2. The van der Waals surface area contributed by atoms with Crippen molar-refractivity contribution in [2.75, 3.05) is 40.0 Å². The van der Waals surface area contributed by atoms with E-state index < -0.39 is 6.10 Å². The molecule has 0 saturated carbocycles. The molecule has 0 radical (unpaired) electrons. The number of ether oxygens (including phenoxy) is 5. The Bertz CT molecular complexity index is 1690. The average molecular weight is 1150 g/mol. The van der Waals surface area contributed by atoms with Crippen LogP contribution in [0.5, 0.6) is 5.88 Å². The van der Waals surface area contributed by atoms with Gasteiger partial charge < -0.3 is 23.7 Å². The Morgan fingerprint density at radius 3 is 1.38 bits per heavy atom. The number of quaternary nitrogens is 1. The number of hydrogen-bond acceptors (Lipinski definition) is 12. The monoisotopic (exact) mass is 1140 g/mol. The van der Waals surface area contributed by atoms with Crippen LogP contribution in [0, 0.1) is 5.41 Å². The van der Waals surface area contributed by atoms with Gasteiger partial charge in [0.1, 0.15) is 25.5 Å². The molecule has 0 amide bonds. The lowest BCUT2D eigenvalue weighted by Gasteiger charge is -2.41. The van der Waals surface area contributed by atoms with Crippen molar-refractivity contribution in [3.63, 3.8) is 0 Å². The number of carbonyl (C=O) groups is 4. The van der Waals surface area contributed by atoms with Crippen LogP contribution in [0.3, 0.4) is 0 Å². The van der Waals surface area contributed by atoms with E-state index in [4.69, 9.17) is 23.7 Å². The summed E-state index contributed by atoms with van der Waals surface area (Å²) in [5.41, 5.74) is 1.80. The molecule has 2 atom stereocenters. The highest BCUT2D eigenvalue weighted by Gasteiger charge is 2.37. The summed E-state index contributed by atoms with van der Waals surface area (Å²) in [7, 11) is 2.16. The third-order valence-electron chi connectivity index (χ3n) is 16.5. The normalized spacial score (nSPS) is 15.0. The van der Waals surface area contributed by atoms with E-state index in [1.807, 2.05) is 6.92 Å². The van der Waals surface area contributed by atoms with Crippen LogP contribution in [0.15, 0.2) is 6.08 Å². The predicted molar refractivity (Wildman–Crippen MR) is 331 cm³/mol. The molecule has 2 rings (SSSR count). The van der Waals surface area contributed by atoms with E-state index in [-0.39, 0.29) is 55.2 Å². The molecule has 0 aromatic carbocycles. The topological polar surface area (TPSA) is 140 Å². The molecular formula is C67H122N3O9S+. The minimum absolute atomic E-state index is 0.100. The minimum atomic E-state index is -0.810. The Morgan fingerprint density at radius 1 is 0.525 bits per heavy atom. The molecule has 1 aromatic rings. The first-order valence-corrected chi connectivity index (χ1v) is 34.2. The summed E-state index contributed by atoms with van der Waals surface area (Å²) in [5.74, 6) is -0.450. The molecule has 0 spiro atoms. The van der Waals surface area contributed by atoms with Gasteiger partial charge in [0.05, 0.1) is 38.3 Å². The molecule has 0 aliphatic carbocycles. The maximum Gasteiger partial charge on any atom is 0.310 e. The zero-order chi connectivity index (χ0) is 58.2. The SMILES string of the molecule is CCCCCCCCCCCCCCCC(=O)OCC(COC(=O)CCCCCCCCCCCCCCC)OC(=O)CCCCCCCCCCC(C)(C)CC(=O)OC(C)[N+]1(C)CCC=C(c2nsnc2OCCCCCC)C1. The summed E-state index contributed by atoms with van der Waals surface area (Å²) >= 11 is 1.19. The molecule has 12 nitrogen and oxygen atoms in total. The Hall–Kier alpha value is -3.06. The third kappa shape index (κ3) is 38.7. The first-order chi connectivity index (χ1) is 38.8. The van der Waals surface area contributed by atoms with E-state index in [0.29, 0.717) is 42.8 Å². The van der Waals surface area contributed by atoms with E-state index >= 15 is 0 Å². The summed E-state index contributed by atoms with van der Waals surface area (Å²) in [6.07, 6.45) is 49.5. The molecule has 0 N–H and O–H groups in total. The number of nitrogens with zero attached hydrogens (tertiary/aromatic N) is 3. The van der Waals surface area contributed by atoms with Crippen LogP contribution in [-0.4, -0.2) is 89.4 Å². The smallest absolute Gasteiger partial charge is 0.310 e. The van der Waals surface area contributed by atoms with E-state index in [9.17, 15) is 19.2 Å². The van der Waals surface area contributed by atoms with Gasteiger partial charge in [-0.15, -0.1) is 4.37 Å². The predicted octanol–water partition coefficient (Wildman–Crippen LogP) is 18.9. The van der Waals surface area contributed by atoms with Gasteiger partial charge in [0.2, 0.25) is 6.23 Å². The van der Waals surface area contributed by atoms with Gasteiger partial charge in [-0.05, 0) is 37.5 Å². The molecule has 1 aliphatic rings. The lowest BCUT2D eigenvalue weighted by molar-refractivity contribution is -0.944. The van der Waals surface area contributed by atoms with Crippen molar-refractivity contribution >= 4 is 41.2 Å². The van der Waals surface area contributed by atoms with Crippen molar-refractivity contribution in [3.05, 3.63) is 11.8 Å². The van der Waals surface area contributed by atoms with Gasteiger partial charge in [0, 0.05) is 38.2 Å². The van der Waals surface area contributed by atoms with Crippen molar-refractivity contribution in [2.45, 2.75) is 336 Å². The molecule has 80 heavy (non-hydrogen) atoms. The fraction of sp³-hybridized carbons (Fsp3) is 0.881. The minimum Gasteiger partial charge on any atom is -0.475 e. The molecule has 0 bridgehead atoms. The van der Waals surface area contributed by atoms with Crippen molar-refractivity contribution in [1.82, 2.24) is 8.75 Å². The lowest BCUT2D eigenvalue weighted by atomic mass is 9.83. The fourth-order valence-electron chi connectivity index (χ4n) is 10.9. The number of carbonyl (C=O) groups excluding carboxylic acids is 4. The average Bonchev–Trinajstić information content (AvgIpc) is 3.91. The zero-order valence-electron chi connectivity index (χ0n) is 52.8. The van der Waals surface area contributed by atoms with Gasteiger partial charge in [-0.25, -0.2) is 0 Å². The lowest BCUT2D eigenvalue weighted by Crippen LogP contribution is -2.55. The summed E-state index contributed by atoms with van der Waals surface area (Å²) in [5, 5.41) is 0. The molecular weight excluding hydrogens is 1020 g/mol. The van der Waals surface area contributed by atoms with Crippen molar-refractivity contribution in [3.8, 4) is 5.88 Å². The second-order valence-corrected chi connectivity index (χ2v) is 25.5. The molecule has 0 fully saturated rings. The Balaban J connectivity index is 1.65. The van der Waals surface area contributed by atoms with Crippen LogP contribution in [0.2, 0.25) is 0 Å². The highest BCUT2D eigenvalue weighted by atomic mass is 32.1. The van der Waals surface area contributed by atoms with Gasteiger partial charge in [-0.1, -0.05) is 259 Å². The largest absolute Gasteiger partial charge is 0.475 e. The van der Waals surface area contributed by atoms with Gasteiger partial charge in [0.15, 0.2) is 6.10 Å². The molecule has 2 unspecified atom stereocenters. The van der Waals surface area contributed by atoms with Crippen LogP contribution >= 0.6 is 11.7 Å². The highest BCUT2D eigenvalue weighted by Crippen LogP contribution is 2.33. The molecule has 1 aromatic heterocycles. The quantitative estimate of drug-likeness (QED) is 0.0266. The maximum atomic E-state index is 13.3. The van der Waals surface area contributed by atoms with Crippen LogP contribution < -0.4 is 4.74 Å². The highest BCUT2D eigenvalue weighted by molar-refractivity contribution is 6.99. The van der Waals surface area contributed by atoms with Crippen LogP contribution in [-0.2, 0) is 38.1 Å². The van der Waals surface area contributed by atoms with Gasteiger partial charge >= 0.3 is 23.9 Å². The van der Waals surface area contributed by atoms with Crippen LogP contribution in [0.1, 0.15) is 330 Å². The number of esters is 4. The number of unbranched alkanes of at least 4 members (excludes halogenated alkanes) is 34. The van der Waals surface area contributed by atoms with Gasteiger partial charge in [0.25, 0.3) is 5.88 Å². The molecule has 1 aliphatic heterocycles. The van der Waals surface area contributed by atoms with Gasteiger partial charge in [-0.2, -0.15) is 4.37 Å². The Morgan fingerprint density at radius 2 is 0.925 bits per heavy atom. The number of rotatable bonds is 55. The van der Waals surface area contributed by atoms with Crippen LogP contribution in [0.4, 0.5) is 0 Å².